The van der Waals surface area contributed by atoms with Crippen LogP contribution in [0, 0.1) is 11.8 Å². The van der Waals surface area contributed by atoms with E-state index in [1.807, 2.05) is 0 Å². The van der Waals surface area contributed by atoms with Gasteiger partial charge in [-0.1, -0.05) is 47.7 Å². The van der Waals surface area contributed by atoms with Crippen molar-refractivity contribution in [3.63, 3.8) is 0 Å². The zero-order chi connectivity index (χ0) is 15.1. The van der Waals surface area contributed by atoms with Gasteiger partial charge < -0.3 is 15.7 Å². The Morgan fingerprint density at radius 2 is 1.67 bits per heavy atom. The molecule has 0 radical (unpaired) electrons. The fourth-order valence-corrected chi connectivity index (χ4v) is 1.86. The topological polar surface area (TPSA) is 61.4 Å². The summed E-state index contributed by atoms with van der Waals surface area (Å²) in [5.74, 6) is 5.32. The lowest BCUT2D eigenvalue weighted by Crippen LogP contribution is -2.20. The molecule has 3 N–H and O–H groups in total. The van der Waals surface area contributed by atoms with Crippen LogP contribution in [0.2, 0.25) is 5.02 Å². The summed E-state index contributed by atoms with van der Waals surface area (Å²) in [6.45, 7) is -0.236. The van der Waals surface area contributed by atoms with Crippen LogP contribution in [0.5, 0.6) is 0 Å². The van der Waals surface area contributed by atoms with Crippen molar-refractivity contribution in [2.75, 3.05) is 17.2 Å². The third kappa shape index (κ3) is 4.25. The molecule has 0 aliphatic carbocycles. The molecular formula is C16H13ClN2O2. The molecule has 0 fully saturated rings. The van der Waals surface area contributed by atoms with E-state index in [-0.39, 0.29) is 6.61 Å². The molecule has 0 saturated heterocycles. The number of urea groups is 1. The normalized spacial score (nSPS) is 9.43. The summed E-state index contributed by atoms with van der Waals surface area (Å²) in [4.78, 5) is 12.0. The van der Waals surface area contributed by atoms with E-state index in [0.717, 1.165) is 0 Å². The lowest BCUT2D eigenvalue weighted by atomic mass is 10.2. The summed E-state index contributed by atoms with van der Waals surface area (Å²) in [6.07, 6.45) is 0. The molecule has 0 heterocycles. The van der Waals surface area contributed by atoms with Gasteiger partial charge in [0.1, 0.15) is 6.61 Å². The highest BCUT2D eigenvalue weighted by Crippen LogP contribution is 2.21. The van der Waals surface area contributed by atoms with E-state index in [4.69, 9.17) is 16.7 Å². The van der Waals surface area contributed by atoms with Gasteiger partial charge in [-0.05, 0) is 24.3 Å². The van der Waals surface area contributed by atoms with Crippen LogP contribution in [-0.2, 0) is 0 Å². The van der Waals surface area contributed by atoms with E-state index in [1.165, 1.54) is 0 Å². The molecule has 21 heavy (non-hydrogen) atoms. The highest BCUT2D eigenvalue weighted by Gasteiger charge is 2.07. The lowest BCUT2D eigenvalue weighted by Gasteiger charge is -2.10. The maximum Gasteiger partial charge on any atom is 0.323 e. The number of anilines is 2. The molecule has 0 spiro atoms. The first-order valence-corrected chi connectivity index (χ1v) is 6.60. The Balaban J connectivity index is 2.12. The van der Waals surface area contributed by atoms with Gasteiger partial charge in [0.2, 0.25) is 0 Å². The van der Waals surface area contributed by atoms with Crippen molar-refractivity contribution in [2.45, 2.75) is 0 Å². The quantitative estimate of drug-likeness (QED) is 0.745. The molecule has 106 valence electrons. The van der Waals surface area contributed by atoms with E-state index < -0.39 is 6.03 Å². The number of halogens is 1. The second-order valence-electron chi connectivity index (χ2n) is 4.06. The maximum absolute atomic E-state index is 12.0. The molecule has 2 amide bonds. The minimum absolute atomic E-state index is 0.236. The van der Waals surface area contributed by atoms with E-state index >= 15 is 0 Å². The first kappa shape index (κ1) is 14.9. The Kier molecular flexibility index (Phi) is 5.22. The van der Waals surface area contributed by atoms with Crippen LogP contribution in [0.4, 0.5) is 16.2 Å². The van der Waals surface area contributed by atoms with Gasteiger partial charge in [0, 0.05) is 5.56 Å². The maximum atomic E-state index is 12.0. The average Bonchev–Trinajstić information content (AvgIpc) is 2.49. The first-order valence-electron chi connectivity index (χ1n) is 6.22. The SMILES string of the molecule is O=C(Nc1ccccc1Cl)Nc1ccccc1C#CCO. The molecule has 0 unspecified atom stereocenters. The number of benzene rings is 2. The van der Waals surface area contributed by atoms with E-state index in [2.05, 4.69) is 22.5 Å². The largest absolute Gasteiger partial charge is 0.384 e. The number of hydrogen-bond donors (Lipinski definition) is 3. The minimum Gasteiger partial charge on any atom is -0.384 e. The van der Waals surface area contributed by atoms with Crippen molar-refractivity contribution >= 4 is 29.0 Å². The fourth-order valence-electron chi connectivity index (χ4n) is 1.67. The molecule has 2 aromatic rings. The van der Waals surface area contributed by atoms with Crippen LogP contribution in [0.3, 0.4) is 0 Å². The van der Waals surface area contributed by atoms with Gasteiger partial charge in [0.25, 0.3) is 0 Å². The molecule has 0 bridgehead atoms. The molecule has 2 rings (SSSR count). The summed E-state index contributed by atoms with van der Waals surface area (Å²) < 4.78 is 0. The molecule has 0 saturated carbocycles. The van der Waals surface area contributed by atoms with Crippen LogP contribution in [0.1, 0.15) is 5.56 Å². The third-order valence-corrected chi connectivity index (χ3v) is 2.93. The van der Waals surface area contributed by atoms with Crippen LogP contribution in [0.15, 0.2) is 48.5 Å². The zero-order valence-corrected chi connectivity index (χ0v) is 11.8. The molecule has 0 aliphatic rings. The number of aliphatic hydroxyl groups is 1. The summed E-state index contributed by atoms with van der Waals surface area (Å²) in [6, 6.07) is 13.6. The summed E-state index contributed by atoms with van der Waals surface area (Å²) in [5.41, 5.74) is 1.71. The van der Waals surface area contributed by atoms with Crippen LogP contribution < -0.4 is 10.6 Å². The van der Waals surface area contributed by atoms with Crippen molar-refractivity contribution in [2.24, 2.45) is 0 Å². The molecule has 0 atom stereocenters. The number of carbonyl (C=O) groups is 1. The standard InChI is InChI=1S/C16H13ClN2O2/c17-13-8-2-4-10-15(13)19-16(21)18-14-9-3-1-6-12(14)7-5-11-20/h1-4,6,8-10,20H,11H2,(H2,18,19,21). The summed E-state index contributed by atoms with van der Waals surface area (Å²) in [5, 5.41) is 14.6. The molecular weight excluding hydrogens is 288 g/mol. The number of carbonyl (C=O) groups excluding carboxylic acids is 1. The Morgan fingerprint density at radius 1 is 1.05 bits per heavy atom. The van der Waals surface area contributed by atoms with Gasteiger partial charge in [0.05, 0.1) is 16.4 Å². The Morgan fingerprint density at radius 3 is 2.38 bits per heavy atom. The monoisotopic (exact) mass is 300 g/mol. The lowest BCUT2D eigenvalue weighted by molar-refractivity contribution is 0.262. The first-order chi connectivity index (χ1) is 10.2. The van der Waals surface area contributed by atoms with Crippen molar-refractivity contribution < 1.29 is 9.90 Å². The van der Waals surface area contributed by atoms with Crippen molar-refractivity contribution in [3.8, 4) is 11.8 Å². The van der Waals surface area contributed by atoms with Gasteiger partial charge >= 0.3 is 6.03 Å². The smallest absolute Gasteiger partial charge is 0.323 e. The fraction of sp³-hybridized carbons (Fsp3) is 0.0625. The van der Waals surface area contributed by atoms with Crippen LogP contribution >= 0.6 is 11.6 Å². The van der Waals surface area contributed by atoms with Crippen LogP contribution in [0.25, 0.3) is 0 Å². The third-order valence-electron chi connectivity index (χ3n) is 2.60. The van der Waals surface area contributed by atoms with Crippen LogP contribution in [-0.4, -0.2) is 17.7 Å². The second kappa shape index (κ2) is 7.34. The Hall–Kier alpha value is -2.48. The van der Waals surface area contributed by atoms with E-state index in [9.17, 15) is 4.79 Å². The molecule has 2 aromatic carbocycles. The average molecular weight is 301 g/mol. The van der Waals surface area contributed by atoms with E-state index in [0.29, 0.717) is 22.0 Å². The molecule has 5 heteroatoms. The number of para-hydroxylation sites is 2. The van der Waals surface area contributed by atoms with Crippen molar-refractivity contribution in [1.29, 1.82) is 0 Å². The van der Waals surface area contributed by atoms with Gasteiger partial charge in [-0.25, -0.2) is 4.79 Å². The van der Waals surface area contributed by atoms with E-state index in [1.54, 1.807) is 48.5 Å². The van der Waals surface area contributed by atoms with Gasteiger partial charge in [-0.15, -0.1) is 0 Å². The predicted octanol–water partition coefficient (Wildman–Crippen LogP) is 3.33. The highest BCUT2D eigenvalue weighted by atomic mass is 35.5. The summed E-state index contributed by atoms with van der Waals surface area (Å²) in [7, 11) is 0. The molecule has 0 aromatic heterocycles. The Labute approximate surface area is 127 Å². The molecule has 0 aliphatic heterocycles. The minimum atomic E-state index is -0.415. The zero-order valence-electron chi connectivity index (χ0n) is 11.1. The number of amides is 2. The number of rotatable bonds is 2. The highest BCUT2D eigenvalue weighted by molar-refractivity contribution is 6.33. The number of aliphatic hydroxyl groups excluding tert-OH is 1. The summed E-state index contributed by atoms with van der Waals surface area (Å²) >= 11 is 5.98. The van der Waals surface area contributed by atoms with Gasteiger partial charge in [-0.3, -0.25) is 0 Å². The number of hydrogen-bond acceptors (Lipinski definition) is 2. The predicted molar refractivity (Wildman–Crippen MR) is 84.5 cm³/mol. The van der Waals surface area contributed by atoms with Gasteiger partial charge in [0.15, 0.2) is 0 Å². The molecule has 4 nitrogen and oxygen atoms in total. The number of nitrogens with one attached hydrogen (secondary N) is 2. The second-order valence-corrected chi connectivity index (χ2v) is 4.47. The van der Waals surface area contributed by atoms with Crippen molar-refractivity contribution in [1.82, 2.24) is 0 Å². The van der Waals surface area contributed by atoms with Gasteiger partial charge in [-0.2, -0.15) is 0 Å². The Bertz CT molecular complexity index is 705. The van der Waals surface area contributed by atoms with Crippen molar-refractivity contribution in [3.05, 3.63) is 59.1 Å².